The number of hydrogen-bond acceptors (Lipinski definition) is 5. The summed E-state index contributed by atoms with van der Waals surface area (Å²) < 4.78 is 31.3. The number of nitrogens with zero attached hydrogens (tertiary/aromatic N) is 4. The van der Waals surface area contributed by atoms with Crippen LogP contribution in [0.1, 0.15) is 22.9 Å². The molecule has 27 heavy (non-hydrogen) atoms. The van der Waals surface area contributed by atoms with Crippen LogP contribution in [-0.2, 0) is 0 Å². The van der Waals surface area contributed by atoms with E-state index in [0.717, 1.165) is 0 Å². The third kappa shape index (κ3) is 3.39. The van der Waals surface area contributed by atoms with Crippen LogP contribution in [0, 0.1) is 6.92 Å². The Kier molecular flexibility index (Phi) is 4.11. The molecule has 0 saturated carbocycles. The predicted octanol–water partition coefficient (Wildman–Crippen LogP) is 4.04. The first-order valence-corrected chi connectivity index (χ1v) is 7.97. The molecule has 7 nitrogen and oxygen atoms in total. The molecule has 0 atom stereocenters. The van der Waals surface area contributed by atoms with Crippen molar-refractivity contribution in [3.05, 3.63) is 60.5 Å². The maximum Gasteiger partial charge on any atom is 0.333 e. The van der Waals surface area contributed by atoms with Gasteiger partial charge in [0.25, 0.3) is 5.91 Å². The summed E-state index contributed by atoms with van der Waals surface area (Å²) >= 11 is 0. The molecule has 0 aliphatic carbocycles. The molecule has 136 valence electrons. The highest BCUT2D eigenvalue weighted by Gasteiger charge is 2.13. The van der Waals surface area contributed by atoms with Crippen molar-refractivity contribution in [2.75, 3.05) is 5.32 Å². The number of fused-ring (bicyclic) bond motifs is 1. The molecule has 0 radical (unpaired) electrons. The fourth-order valence-electron chi connectivity index (χ4n) is 2.64. The van der Waals surface area contributed by atoms with Crippen LogP contribution in [0.25, 0.3) is 22.2 Å². The smallest absolute Gasteiger partial charge is 0.333 e. The number of benzene rings is 1. The van der Waals surface area contributed by atoms with Crippen LogP contribution in [0.2, 0.25) is 0 Å². The van der Waals surface area contributed by atoms with Crippen LogP contribution >= 0.6 is 0 Å². The molecule has 0 saturated heterocycles. The molecule has 0 unspecified atom stereocenters. The van der Waals surface area contributed by atoms with Crippen molar-refractivity contribution in [2.24, 2.45) is 0 Å². The van der Waals surface area contributed by atoms with Gasteiger partial charge in [0.1, 0.15) is 11.2 Å². The molecule has 0 fully saturated rings. The minimum absolute atomic E-state index is 0.145. The molecule has 1 amide bonds. The van der Waals surface area contributed by atoms with E-state index in [1.54, 1.807) is 31.2 Å². The number of aromatic nitrogens is 4. The Hall–Kier alpha value is -3.62. The van der Waals surface area contributed by atoms with E-state index in [1.165, 1.54) is 24.7 Å². The second-order valence-corrected chi connectivity index (χ2v) is 5.79. The quantitative estimate of drug-likeness (QED) is 0.587. The van der Waals surface area contributed by atoms with E-state index < -0.39 is 12.5 Å². The van der Waals surface area contributed by atoms with E-state index in [0.29, 0.717) is 38.5 Å². The number of hydrogen-bond donors (Lipinski definition) is 1. The SMILES string of the molecule is Cc1nc2ccc(NC(=O)c3cc(-c4cnn(C(F)F)c4)ccn3)cc2o1. The lowest BCUT2D eigenvalue weighted by Gasteiger charge is -2.05. The highest BCUT2D eigenvalue weighted by molar-refractivity contribution is 6.04. The summed E-state index contributed by atoms with van der Waals surface area (Å²) in [4.78, 5) is 20.7. The molecule has 3 heterocycles. The van der Waals surface area contributed by atoms with Crippen molar-refractivity contribution < 1.29 is 18.0 Å². The maximum absolute atomic E-state index is 12.7. The van der Waals surface area contributed by atoms with E-state index in [4.69, 9.17) is 4.42 Å². The van der Waals surface area contributed by atoms with Crippen molar-refractivity contribution in [1.29, 1.82) is 0 Å². The monoisotopic (exact) mass is 369 g/mol. The van der Waals surface area contributed by atoms with Gasteiger partial charge in [-0.2, -0.15) is 13.9 Å². The number of carbonyl (C=O) groups excluding carboxylic acids is 1. The van der Waals surface area contributed by atoms with Gasteiger partial charge in [0.05, 0.1) is 6.20 Å². The average Bonchev–Trinajstić information content (AvgIpc) is 3.27. The first-order chi connectivity index (χ1) is 13.0. The van der Waals surface area contributed by atoms with Crippen molar-refractivity contribution in [3.63, 3.8) is 0 Å². The second kappa shape index (κ2) is 6.60. The van der Waals surface area contributed by atoms with Crippen LogP contribution in [0.3, 0.4) is 0 Å². The number of pyridine rings is 1. The molecule has 3 aromatic heterocycles. The average molecular weight is 369 g/mol. The lowest BCUT2D eigenvalue weighted by molar-refractivity contribution is 0.0566. The van der Waals surface area contributed by atoms with Crippen molar-refractivity contribution in [3.8, 4) is 11.1 Å². The van der Waals surface area contributed by atoms with Gasteiger partial charge in [-0.25, -0.2) is 9.67 Å². The van der Waals surface area contributed by atoms with E-state index in [-0.39, 0.29) is 5.69 Å². The third-order valence-corrected chi connectivity index (χ3v) is 3.88. The fourth-order valence-corrected chi connectivity index (χ4v) is 2.64. The first kappa shape index (κ1) is 16.8. The summed E-state index contributed by atoms with van der Waals surface area (Å²) in [7, 11) is 0. The summed E-state index contributed by atoms with van der Waals surface area (Å²) in [6.45, 7) is -0.984. The third-order valence-electron chi connectivity index (χ3n) is 3.88. The highest BCUT2D eigenvalue weighted by Crippen LogP contribution is 2.23. The van der Waals surface area contributed by atoms with Crippen LogP contribution in [0.4, 0.5) is 14.5 Å². The number of carbonyl (C=O) groups is 1. The second-order valence-electron chi connectivity index (χ2n) is 5.79. The van der Waals surface area contributed by atoms with E-state index in [1.807, 2.05) is 0 Å². The zero-order valence-electron chi connectivity index (χ0n) is 14.1. The molecular formula is C18H13F2N5O2. The number of alkyl halides is 2. The molecule has 1 N–H and O–H groups in total. The Morgan fingerprint density at radius 3 is 2.85 bits per heavy atom. The van der Waals surface area contributed by atoms with Gasteiger partial charge in [-0.1, -0.05) is 0 Å². The molecule has 4 rings (SSSR count). The zero-order chi connectivity index (χ0) is 19.0. The molecule has 0 bridgehead atoms. The summed E-state index contributed by atoms with van der Waals surface area (Å²) in [5, 5.41) is 6.33. The largest absolute Gasteiger partial charge is 0.441 e. The van der Waals surface area contributed by atoms with Crippen LogP contribution in [0.5, 0.6) is 0 Å². The van der Waals surface area contributed by atoms with Crippen molar-refractivity contribution in [1.82, 2.24) is 19.7 Å². The molecule has 0 aliphatic heterocycles. The Morgan fingerprint density at radius 1 is 1.22 bits per heavy atom. The van der Waals surface area contributed by atoms with Crippen molar-refractivity contribution >= 4 is 22.7 Å². The van der Waals surface area contributed by atoms with Crippen LogP contribution in [-0.4, -0.2) is 25.7 Å². The summed E-state index contributed by atoms with van der Waals surface area (Å²) in [6.07, 6.45) is 3.96. The number of amides is 1. The van der Waals surface area contributed by atoms with Gasteiger partial charge in [-0.05, 0) is 29.8 Å². The zero-order valence-corrected chi connectivity index (χ0v) is 14.1. The van der Waals surface area contributed by atoms with Gasteiger partial charge in [0.2, 0.25) is 0 Å². The van der Waals surface area contributed by atoms with Gasteiger partial charge in [-0.3, -0.25) is 9.78 Å². The Balaban J connectivity index is 1.57. The summed E-state index contributed by atoms with van der Waals surface area (Å²) in [6, 6.07) is 8.25. The predicted molar refractivity (Wildman–Crippen MR) is 93.4 cm³/mol. The van der Waals surface area contributed by atoms with Gasteiger partial charge in [0.15, 0.2) is 11.5 Å². The summed E-state index contributed by atoms with van der Waals surface area (Å²) in [5.41, 5.74) is 2.95. The van der Waals surface area contributed by atoms with Gasteiger partial charge in [0, 0.05) is 36.6 Å². The Morgan fingerprint density at radius 2 is 2.07 bits per heavy atom. The lowest BCUT2D eigenvalue weighted by atomic mass is 10.1. The first-order valence-electron chi connectivity index (χ1n) is 7.97. The fraction of sp³-hybridized carbons (Fsp3) is 0.111. The highest BCUT2D eigenvalue weighted by atomic mass is 19.3. The van der Waals surface area contributed by atoms with Crippen LogP contribution in [0.15, 0.2) is 53.3 Å². The van der Waals surface area contributed by atoms with Gasteiger partial charge in [-0.15, -0.1) is 0 Å². The van der Waals surface area contributed by atoms with Gasteiger partial charge >= 0.3 is 6.55 Å². The van der Waals surface area contributed by atoms with E-state index in [2.05, 4.69) is 20.4 Å². The molecule has 1 aromatic carbocycles. The van der Waals surface area contributed by atoms with E-state index in [9.17, 15) is 13.6 Å². The number of halogens is 2. The molecular weight excluding hydrogens is 356 g/mol. The molecule has 0 spiro atoms. The van der Waals surface area contributed by atoms with E-state index >= 15 is 0 Å². The topological polar surface area (TPSA) is 85.8 Å². The molecule has 0 aliphatic rings. The normalized spacial score (nSPS) is 11.3. The number of nitrogens with one attached hydrogen (secondary N) is 1. The minimum Gasteiger partial charge on any atom is -0.441 e. The standard InChI is InChI=1S/C18H13F2N5O2/c1-10-23-14-3-2-13(7-16(14)27-10)24-17(26)15-6-11(4-5-21-15)12-8-22-25(9-12)18(19)20/h2-9,18H,1H3,(H,24,26). The lowest BCUT2D eigenvalue weighted by Crippen LogP contribution is -2.13. The number of anilines is 1. The Labute approximate surface area is 151 Å². The maximum atomic E-state index is 12.7. The molecule has 9 heteroatoms. The Bertz CT molecular complexity index is 1140. The minimum atomic E-state index is -2.72. The van der Waals surface area contributed by atoms with Crippen molar-refractivity contribution in [2.45, 2.75) is 13.5 Å². The van der Waals surface area contributed by atoms with Gasteiger partial charge < -0.3 is 9.73 Å². The number of oxazole rings is 1. The number of rotatable bonds is 4. The molecule has 4 aromatic rings. The number of aryl methyl sites for hydroxylation is 1. The van der Waals surface area contributed by atoms with Crippen LogP contribution < -0.4 is 5.32 Å². The summed E-state index contributed by atoms with van der Waals surface area (Å²) in [5.74, 6) is 0.0980.